The third kappa shape index (κ3) is 5.53. The van der Waals surface area contributed by atoms with Crippen LogP contribution < -0.4 is 4.89 Å². The van der Waals surface area contributed by atoms with Crippen molar-refractivity contribution >= 4 is 5.97 Å². The number of hydrogen-bond donors (Lipinski definition) is 0. The molecule has 0 heterocycles. The molecule has 0 radical (unpaired) electrons. The van der Waals surface area contributed by atoms with E-state index < -0.39 is 5.97 Å². The Hall–Kier alpha value is -1.77. The van der Waals surface area contributed by atoms with Crippen molar-refractivity contribution in [2.75, 3.05) is 0 Å². The smallest absolute Gasteiger partial charge is 0.287 e. The Kier molecular flexibility index (Phi) is 6.62. The molecule has 0 aliphatic heterocycles. The average molecular weight is 248 g/mol. The molecule has 0 fully saturated rings. The molecule has 0 bridgehead atoms. The molecule has 0 atom stereocenters. The van der Waals surface area contributed by atoms with E-state index in [9.17, 15) is 4.79 Å². The Labute approximate surface area is 108 Å². The van der Waals surface area contributed by atoms with Gasteiger partial charge in [-0.05, 0) is 30.5 Å². The van der Waals surface area contributed by atoms with Crippen LogP contribution in [0, 0.1) is 0 Å². The van der Waals surface area contributed by atoms with Crippen molar-refractivity contribution < 1.29 is 14.6 Å². The number of unbranched alkanes of at least 4 members (excludes halogenated alkanes) is 3. The van der Waals surface area contributed by atoms with E-state index >= 15 is 0 Å². The van der Waals surface area contributed by atoms with E-state index in [-0.39, 0.29) is 0 Å². The van der Waals surface area contributed by atoms with Crippen LogP contribution in [0.3, 0.4) is 0 Å². The van der Waals surface area contributed by atoms with Gasteiger partial charge >= 0.3 is 5.97 Å². The minimum atomic E-state index is -0.598. The van der Waals surface area contributed by atoms with Gasteiger partial charge in [-0.3, -0.25) is 4.89 Å². The third-order valence-electron chi connectivity index (χ3n) is 2.63. The second-order valence-corrected chi connectivity index (χ2v) is 4.14. The summed E-state index contributed by atoms with van der Waals surface area (Å²) in [4.78, 5) is 20.1. The predicted molar refractivity (Wildman–Crippen MR) is 71.2 cm³/mol. The van der Waals surface area contributed by atoms with Gasteiger partial charge in [-0.1, -0.05) is 44.9 Å². The SMILES string of the molecule is C=CC(=O)OOc1ccc(CCCCCC)cc1. The molecule has 18 heavy (non-hydrogen) atoms. The van der Waals surface area contributed by atoms with Gasteiger partial charge < -0.3 is 0 Å². The summed E-state index contributed by atoms with van der Waals surface area (Å²) >= 11 is 0. The Morgan fingerprint density at radius 3 is 2.56 bits per heavy atom. The lowest BCUT2D eigenvalue weighted by molar-refractivity contribution is -0.207. The monoisotopic (exact) mass is 248 g/mol. The van der Waals surface area contributed by atoms with Crippen molar-refractivity contribution in [1.82, 2.24) is 0 Å². The summed E-state index contributed by atoms with van der Waals surface area (Å²) in [6.07, 6.45) is 7.15. The zero-order valence-electron chi connectivity index (χ0n) is 10.9. The summed E-state index contributed by atoms with van der Waals surface area (Å²) in [5.74, 6) is -0.0823. The molecule has 0 aliphatic rings. The van der Waals surface area contributed by atoms with Gasteiger partial charge in [0.05, 0.1) is 0 Å². The fraction of sp³-hybridized carbons (Fsp3) is 0.400. The molecule has 1 aromatic carbocycles. The van der Waals surface area contributed by atoms with Crippen LogP contribution in [0.2, 0.25) is 0 Å². The van der Waals surface area contributed by atoms with Gasteiger partial charge in [0.15, 0.2) is 5.75 Å². The molecular formula is C15H20O3. The van der Waals surface area contributed by atoms with E-state index in [0.29, 0.717) is 5.75 Å². The Balaban J connectivity index is 2.33. The van der Waals surface area contributed by atoms with E-state index in [1.54, 1.807) is 12.1 Å². The molecule has 1 aromatic rings. The zero-order chi connectivity index (χ0) is 13.2. The van der Waals surface area contributed by atoms with Crippen molar-refractivity contribution in [3.05, 3.63) is 42.5 Å². The first-order chi connectivity index (χ1) is 8.76. The quantitative estimate of drug-likeness (QED) is 0.303. The number of benzene rings is 1. The van der Waals surface area contributed by atoms with E-state index in [4.69, 9.17) is 4.89 Å². The van der Waals surface area contributed by atoms with Crippen molar-refractivity contribution in [3.8, 4) is 5.75 Å². The van der Waals surface area contributed by atoms with Crippen LogP contribution in [0.25, 0.3) is 0 Å². The predicted octanol–water partition coefficient (Wildman–Crippen LogP) is 3.83. The second kappa shape index (κ2) is 8.34. The summed E-state index contributed by atoms with van der Waals surface area (Å²) in [6, 6.07) is 7.57. The summed E-state index contributed by atoms with van der Waals surface area (Å²) in [6.45, 7) is 5.49. The number of rotatable bonds is 8. The van der Waals surface area contributed by atoms with Gasteiger partial charge in [0.1, 0.15) is 0 Å². The van der Waals surface area contributed by atoms with E-state index in [1.807, 2.05) is 12.1 Å². The highest BCUT2D eigenvalue weighted by Crippen LogP contribution is 2.14. The lowest BCUT2D eigenvalue weighted by Crippen LogP contribution is -2.03. The first kappa shape index (κ1) is 14.3. The molecule has 0 aromatic heterocycles. The highest BCUT2D eigenvalue weighted by Gasteiger charge is 2.00. The highest BCUT2D eigenvalue weighted by molar-refractivity contribution is 5.80. The Morgan fingerprint density at radius 1 is 1.22 bits per heavy atom. The molecule has 0 N–H and O–H groups in total. The normalized spacial score (nSPS) is 9.83. The van der Waals surface area contributed by atoms with Crippen molar-refractivity contribution in [2.24, 2.45) is 0 Å². The number of carbonyl (C=O) groups is 1. The first-order valence-electron chi connectivity index (χ1n) is 6.36. The second-order valence-electron chi connectivity index (χ2n) is 4.14. The maximum absolute atomic E-state index is 10.8. The first-order valence-corrected chi connectivity index (χ1v) is 6.36. The zero-order valence-corrected chi connectivity index (χ0v) is 10.9. The topological polar surface area (TPSA) is 35.5 Å². The molecular weight excluding hydrogens is 228 g/mol. The van der Waals surface area contributed by atoms with Crippen LogP contribution in [0.15, 0.2) is 36.9 Å². The number of aryl methyl sites for hydroxylation is 1. The molecule has 0 spiro atoms. The molecule has 0 saturated carbocycles. The molecule has 0 amide bonds. The lowest BCUT2D eigenvalue weighted by Gasteiger charge is -2.04. The maximum Gasteiger partial charge on any atom is 0.378 e. The van der Waals surface area contributed by atoms with Crippen LogP contribution in [-0.4, -0.2) is 5.97 Å². The molecule has 3 heteroatoms. The van der Waals surface area contributed by atoms with Crippen LogP contribution in [-0.2, 0) is 16.1 Å². The van der Waals surface area contributed by atoms with Gasteiger partial charge in [-0.15, -0.1) is 0 Å². The largest absolute Gasteiger partial charge is 0.378 e. The number of carbonyl (C=O) groups excluding carboxylic acids is 1. The summed E-state index contributed by atoms with van der Waals surface area (Å²) in [7, 11) is 0. The minimum Gasteiger partial charge on any atom is -0.287 e. The van der Waals surface area contributed by atoms with Gasteiger partial charge in [-0.25, -0.2) is 9.68 Å². The van der Waals surface area contributed by atoms with Crippen LogP contribution in [0.5, 0.6) is 5.75 Å². The van der Waals surface area contributed by atoms with Crippen LogP contribution in [0.1, 0.15) is 38.2 Å². The summed E-state index contributed by atoms with van der Waals surface area (Å²) < 4.78 is 0. The standard InChI is InChI=1S/C15H20O3/c1-3-5-6-7-8-13-9-11-14(12-10-13)17-18-15(16)4-2/h4,9-12H,2-3,5-8H2,1H3. The fourth-order valence-corrected chi connectivity index (χ4v) is 1.59. The van der Waals surface area contributed by atoms with E-state index in [1.165, 1.54) is 31.2 Å². The van der Waals surface area contributed by atoms with E-state index in [0.717, 1.165) is 12.5 Å². The number of hydrogen-bond acceptors (Lipinski definition) is 3. The molecule has 0 aliphatic carbocycles. The van der Waals surface area contributed by atoms with Gasteiger partial charge in [-0.2, -0.15) is 0 Å². The third-order valence-corrected chi connectivity index (χ3v) is 2.63. The molecule has 98 valence electrons. The summed E-state index contributed by atoms with van der Waals surface area (Å²) in [5, 5.41) is 0. The molecule has 0 unspecified atom stereocenters. The van der Waals surface area contributed by atoms with Crippen LogP contribution >= 0.6 is 0 Å². The van der Waals surface area contributed by atoms with Crippen LogP contribution in [0.4, 0.5) is 0 Å². The van der Waals surface area contributed by atoms with Crippen molar-refractivity contribution in [2.45, 2.75) is 39.0 Å². The highest BCUT2D eigenvalue weighted by atomic mass is 17.2. The molecule has 0 saturated heterocycles. The fourth-order valence-electron chi connectivity index (χ4n) is 1.59. The van der Waals surface area contributed by atoms with Crippen molar-refractivity contribution in [1.29, 1.82) is 0 Å². The van der Waals surface area contributed by atoms with Gasteiger partial charge in [0.25, 0.3) is 0 Å². The Bertz CT molecular complexity index is 368. The van der Waals surface area contributed by atoms with Gasteiger partial charge in [0.2, 0.25) is 0 Å². The summed E-state index contributed by atoms with van der Waals surface area (Å²) in [5.41, 5.74) is 1.27. The molecule has 3 nitrogen and oxygen atoms in total. The minimum absolute atomic E-state index is 0.516. The maximum atomic E-state index is 10.8. The molecule has 1 rings (SSSR count). The lowest BCUT2D eigenvalue weighted by atomic mass is 10.1. The Morgan fingerprint density at radius 2 is 1.94 bits per heavy atom. The van der Waals surface area contributed by atoms with E-state index in [2.05, 4.69) is 18.4 Å². The average Bonchev–Trinajstić information content (AvgIpc) is 2.42. The van der Waals surface area contributed by atoms with Crippen molar-refractivity contribution in [3.63, 3.8) is 0 Å². The van der Waals surface area contributed by atoms with Gasteiger partial charge in [0, 0.05) is 6.08 Å².